The Morgan fingerprint density at radius 3 is 2.47 bits per heavy atom. The lowest BCUT2D eigenvalue weighted by Gasteiger charge is -2.18. The number of aryl methyl sites for hydroxylation is 2. The molecule has 0 spiro atoms. The van der Waals surface area contributed by atoms with Crippen LogP contribution in [0.5, 0.6) is 11.8 Å². The zero-order valence-electron chi connectivity index (χ0n) is 21.8. The molecule has 0 radical (unpaired) electrons. The highest BCUT2D eigenvalue weighted by molar-refractivity contribution is 5.64. The molecule has 0 saturated carbocycles. The fraction of sp³-hybridized carbons (Fsp3) is 0.321. The van der Waals surface area contributed by atoms with Crippen LogP contribution >= 0.6 is 0 Å². The van der Waals surface area contributed by atoms with Crippen molar-refractivity contribution >= 4 is 0 Å². The van der Waals surface area contributed by atoms with Gasteiger partial charge in [0.15, 0.2) is 0 Å². The second kappa shape index (κ2) is 9.89. The monoisotopic (exact) mass is 485 g/mol. The molecule has 4 rings (SSSR count). The molecule has 0 unspecified atom stereocenters. The van der Waals surface area contributed by atoms with Gasteiger partial charge in [0.1, 0.15) is 18.3 Å². The first-order chi connectivity index (χ1) is 17.1. The van der Waals surface area contributed by atoms with Crippen LogP contribution < -0.4 is 15.0 Å². The first-order valence-electron chi connectivity index (χ1n) is 11.8. The second-order valence-corrected chi connectivity index (χ2v) is 9.71. The second-order valence-electron chi connectivity index (χ2n) is 9.71. The lowest BCUT2D eigenvalue weighted by Crippen LogP contribution is -2.26. The largest absolute Gasteiger partial charge is 0.481 e. The molecule has 3 heterocycles. The minimum atomic E-state index is -0.186. The normalized spacial score (nSPS) is 11.4. The molecule has 8 nitrogen and oxygen atoms in total. The van der Waals surface area contributed by atoms with E-state index in [1.807, 2.05) is 43.3 Å². The Balaban J connectivity index is 1.71. The first kappa shape index (κ1) is 25.0. The average molecular weight is 486 g/mol. The fourth-order valence-corrected chi connectivity index (χ4v) is 3.80. The maximum absolute atomic E-state index is 13.5. The van der Waals surface area contributed by atoms with E-state index in [1.165, 1.54) is 0 Å². The third-order valence-electron chi connectivity index (χ3n) is 5.85. The Hall–Kier alpha value is -4.07. The summed E-state index contributed by atoms with van der Waals surface area (Å²) in [5, 5.41) is 0. The van der Waals surface area contributed by atoms with Gasteiger partial charge in [-0.1, -0.05) is 39.0 Å². The molecule has 36 heavy (non-hydrogen) atoms. The molecule has 0 N–H and O–H groups in total. The van der Waals surface area contributed by atoms with Gasteiger partial charge < -0.3 is 9.47 Å². The standard InChI is InChI=1S/C28H31N5O3/c1-17-11-12-20(22-13-14-29-27(32-22)28(4,5)6)15-23(17)33-19(3)30-25(18(2)26(33)34)36-16-21-9-8-10-24(31-21)35-7/h8-15H,16H2,1-7H3. The predicted molar refractivity (Wildman–Crippen MR) is 139 cm³/mol. The SMILES string of the molecule is COc1cccc(COc2nc(C)n(-c3cc(-c4ccnc(C(C)(C)C)n4)ccc3C)c(=O)c2C)n1. The van der Waals surface area contributed by atoms with Crippen molar-refractivity contribution in [1.82, 2.24) is 24.5 Å². The molecule has 3 aromatic heterocycles. The number of rotatable bonds is 6. The smallest absolute Gasteiger partial charge is 0.264 e. The van der Waals surface area contributed by atoms with Crippen LogP contribution in [0.15, 0.2) is 53.5 Å². The zero-order chi connectivity index (χ0) is 26.0. The van der Waals surface area contributed by atoms with Crippen LogP contribution in [0.1, 0.15) is 49.2 Å². The van der Waals surface area contributed by atoms with Crippen molar-refractivity contribution < 1.29 is 9.47 Å². The summed E-state index contributed by atoms with van der Waals surface area (Å²) < 4.78 is 12.7. The van der Waals surface area contributed by atoms with Gasteiger partial charge >= 0.3 is 0 Å². The highest BCUT2D eigenvalue weighted by atomic mass is 16.5. The number of nitrogens with zero attached hydrogens (tertiary/aromatic N) is 5. The van der Waals surface area contributed by atoms with Gasteiger partial charge in [0.2, 0.25) is 11.8 Å². The summed E-state index contributed by atoms with van der Waals surface area (Å²) in [7, 11) is 1.56. The number of hydrogen-bond donors (Lipinski definition) is 0. The molecule has 186 valence electrons. The summed E-state index contributed by atoms with van der Waals surface area (Å²) in [6.45, 7) is 11.9. The molecule has 0 saturated heterocycles. The lowest BCUT2D eigenvalue weighted by molar-refractivity contribution is 0.282. The minimum absolute atomic E-state index is 0.172. The summed E-state index contributed by atoms with van der Waals surface area (Å²) in [5.41, 5.74) is 4.15. The Bertz CT molecular complexity index is 1470. The quantitative estimate of drug-likeness (QED) is 0.384. The summed E-state index contributed by atoms with van der Waals surface area (Å²) in [6.07, 6.45) is 1.77. The van der Waals surface area contributed by atoms with Crippen LogP contribution in [-0.2, 0) is 12.0 Å². The van der Waals surface area contributed by atoms with E-state index in [2.05, 4.69) is 35.7 Å². The number of aromatic nitrogens is 5. The first-order valence-corrected chi connectivity index (χ1v) is 11.8. The maximum Gasteiger partial charge on any atom is 0.264 e. The molecule has 0 aliphatic carbocycles. The fourth-order valence-electron chi connectivity index (χ4n) is 3.80. The van der Waals surface area contributed by atoms with E-state index in [4.69, 9.17) is 14.5 Å². The van der Waals surface area contributed by atoms with E-state index in [0.717, 1.165) is 28.3 Å². The molecule has 8 heteroatoms. The van der Waals surface area contributed by atoms with Gasteiger partial charge in [-0.15, -0.1) is 0 Å². The van der Waals surface area contributed by atoms with Crippen molar-refractivity contribution in [2.45, 2.75) is 53.6 Å². The highest BCUT2D eigenvalue weighted by Gasteiger charge is 2.19. The molecule has 0 aliphatic heterocycles. The highest BCUT2D eigenvalue weighted by Crippen LogP contribution is 2.26. The summed E-state index contributed by atoms with van der Waals surface area (Å²) in [6, 6.07) is 13.3. The van der Waals surface area contributed by atoms with Crippen molar-refractivity contribution in [1.29, 1.82) is 0 Å². The number of pyridine rings is 1. The predicted octanol–water partition coefficient (Wildman–Crippen LogP) is 4.89. The van der Waals surface area contributed by atoms with E-state index in [-0.39, 0.29) is 23.5 Å². The van der Waals surface area contributed by atoms with E-state index < -0.39 is 0 Å². The molecule has 4 aromatic rings. The number of ether oxygens (including phenoxy) is 2. The third-order valence-corrected chi connectivity index (χ3v) is 5.85. The Morgan fingerprint density at radius 2 is 1.75 bits per heavy atom. The Labute approximate surface area is 211 Å². The summed E-state index contributed by atoms with van der Waals surface area (Å²) in [4.78, 5) is 31.7. The number of methoxy groups -OCH3 is 1. The topological polar surface area (TPSA) is 92.0 Å². The van der Waals surface area contributed by atoms with Gasteiger partial charge in [-0.2, -0.15) is 4.98 Å². The Morgan fingerprint density at radius 1 is 0.972 bits per heavy atom. The maximum atomic E-state index is 13.5. The van der Waals surface area contributed by atoms with E-state index in [0.29, 0.717) is 23.0 Å². The molecule has 0 fully saturated rings. The van der Waals surface area contributed by atoms with Crippen molar-refractivity contribution in [2.24, 2.45) is 0 Å². The molecular weight excluding hydrogens is 454 g/mol. The number of hydrogen-bond acceptors (Lipinski definition) is 7. The summed E-state index contributed by atoms with van der Waals surface area (Å²) in [5.74, 6) is 2.08. The molecule has 0 aliphatic rings. The molecular formula is C28H31N5O3. The van der Waals surface area contributed by atoms with E-state index >= 15 is 0 Å². The molecule has 0 amide bonds. The molecule has 0 atom stereocenters. The number of benzene rings is 1. The van der Waals surface area contributed by atoms with Crippen LogP contribution in [0.25, 0.3) is 16.9 Å². The van der Waals surface area contributed by atoms with E-state index in [1.54, 1.807) is 37.8 Å². The van der Waals surface area contributed by atoms with Crippen LogP contribution in [0.2, 0.25) is 0 Å². The van der Waals surface area contributed by atoms with Crippen LogP contribution in [0.3, 0.4) is 0 Å². The van der Waals surface area contributed by atoms with Gasteiger partial charge in [0, 0.05) is 23.2 Å². The molecule has 0 bridgehead atoms. The summed E-state index contributed by atoms with van der Waals surface area (Å²) >= 11 is 0. The molecule has 1 aromatic carbocycles. The lowest BCUT2D eigenvalue weighted by atomic mass is 9.95. The van der Waals surface area contributed by atoms with Crippen molar-refractivity contribution in [3.05, 3.63) is 87.5 Å². The average Bonchev–Trinajstić information content (AvgIpc) is 2.86. The van der Waals surface area contributed by atoms with Crippen molar-refractivity contribution in [2.75, 3.05) is 7.11 Å². The van der Waals surface area contributed by atoms with Crippen molar-refractivity contribution in [3.8, 4) is 28.7 Å². The van der Waals surface area contributed by atoms with E-state index in [9.17, 15) is 4.79 Å². The van der Waals surface area contributed by atoms with Gasteiger partial charge in [-0.25, -0.2) is 15.0 Å². The van der Waals surface area contributed by atoms with Gasteiger partial charge in [0.25, 0.3) is 5.56 Å². The van der Waals surface area contributed by atoms with Crippen LogP contribution in [0.4, 0.5) is 0 Å². The Kier molecular flexibility index (Phi) is 6.88. The van der Waals surface area contributed by atoms with Crippen LogP contribution in [-0.4, -0.2) is 31.6 Å². The van der Waals surface area contributed by atoms with Gasteiger partial charge in [-0.3, -0.25) is 9.36 Å². The van der Waals surface area contributed by atoms with Gasteiger partial charge in [0.05, 0.1) is 29.7 Å². The minimum Gasteiger partial charge on any atom is -0.481 e. The van der Waals surface area contributed by atoms with Crippen molar-refractivity contribution in [3.63, 3.8) is 0 Å². The van der Waals surface area contributed by atoms with Crippen LogP contribution in [0, 0.1) is 20.8 Å². The zero-order valence-corrected chi connectivity index (χ0v) is 21.8. The van der Waals surface area contributed by atoms with Gasteiger partial charge in [-0.05, 0) is 44.5 Å². The third kappa shape index (κ3) is 5.12.